The Morgan fingerprint density at radius 3 is 2.61 bits per heavy atom. The molecule has 0 spiro atoms. The van der Waals surface area contributed by atoms with Crippen LogP contribution >= 0.6 is 0 Å². The van der Waals surface area contributed by atoms with Crippen molar-refractivity contribution in [3.05, 3.63) is 28.8 Å². The molecule has 1 aliphatic heterocycles. The van der Waals surface area contributed by atoms with Gasteiger partial charge in [0.05, 0.1) is 7.11 Å². The maximum Gasteiger partial charge on any atom is 0.123 e. The van der Waals surface area contributed by atoms with Crippen molar-refractivity contribution in [1.82, 2.24) is 10.2 Å². The fraction of sp³-hybridized carbons (Fsp3) is 0.600. The Labute approximate surface area is 110 Å². The van der Waals surface area contributed by atoms with Crippen LogP contribution in [0.1, 0.15) is 16.7 Å². The number of ether oxygens (including phenoxy) is 1. The first-order valence-corrected chi connectivity index (χ1v) is 6.63. The Kier molecular flexibility index (Phi) is 4.25. The molecule has 0 aromatic heterocycles. The lowest BCUT2D eigenvalue weighted by molar-refractivity contribution is 0.216. The van der Waals surface area contributed by atoms with Gasteiger partial charge in [0.1, 0.15) is 5.75 Å². The molecule has 1 aromatic rings. The van der Waals surface area contributed by atoms with Gasteiger partial charge >= 0.3 is 0 Å². The van der Waals surface area contributed by atoms with Crippen LogP contribution in [0.15, 0.2) is 12.1 Å². The number of nitrogens with one attached hydrogen (secondary N) is 1. The molecule has 0 unspecified atom stereocenters. The molecular formula is C15H24N2O. The van der Waals surface area contributed by atoms with Crippen LogP contribution in [0.5, 0.6) is 5.75 Å². The summed E-state index contributed by atoms with van der Waals surface area (Å²) in [6.07, 6.45) is 0. The van der Waals surface area contributed by atoms with Crippen molar-refractivity contribution in [2.45, 2.75) is 20.4 Å². The van der Waals surface area contributed by atoms with Crippen molar-refractivity contribution >= 4 is 0 Å². The monoisotopic (exact) mass is 248 g/mol. The molecule has 1 fully saturated rings. The molecule has 2 rings (SSSR count). The highest BCUT2D eigenvalue weighted by molar-refractivity contribution is 5.42. The molecule has 1 N–H and O–H groups in total. The SMILES string of the molecule is COc1cc(C)cc(C)c1CN(C)CC1CNC1. The molecule has 1 aliphatic rings. The Morgan fingerprint density at radius 2 is 2.06 bits per heavy atom. The molecule has 1 saturated heterocycles. The van der Waals surface area contributed by atoms with Crippen LogP contribution in [0.2, 0.25) is 0 Å². The van der Waals surface area contributed by atoms with E-state index in [0.29, 0.717) is 0 Å². The minimum Gasteiger partial charge on any atom is -0.496 e. The summed E-state index contributed by atoms with van der Waals surface area (Å²) in [5.74, 6) is 1.83. The van der Waals surface area contributed by atoms with Crippen LogP contribution < -0.4 is 10.1 Å². The summed E-state index contributed by atoms with van der Waals surface area (Å²) in [5, 5.41) is 3.32. The molecule has 3 heteroatoms. The second-order valence-electron chi connectivity index (χ2n) is 5.48. The second-order valence-corrected chi connectivity index (χ2v) is 5.48. The number of methoxy groups -OCH3 is 1. The Morgan fingerprint density at radius 1 is 1.33 bits per heavy atom. The van der Waals surface area contributed by atoms with Crippen molar-refractivity contribution in [1.29, 1.82) is 0 Å². The molecule has 1 aromatic carbocycles. The highest BCUT2D eigenvalue weighted by atomic mass is 16.5. The molecular weight excluding hydrogens is 224 g/mol. The van der Waals surface area contributed by atoms with Gasteiger partial charge in [-0.25, -0.2) is 0 Å². The normalized spacial score (nSPS) is 15.8. The smallest absolute Gasteiger partial charge is 0.123 e. The molecule has 18 heavy (non-hydrogen) atoms. The van der Waals surface area contributed by atoms with Gasteiger partial charge < -0.3 is 15.0 Å². The van der Waals surface area contributed by atoms with Gasteiger partial charge in [-0.3, -0.25) is 0 Å². The van der Waals surface area contributed by atoms with Crippen molar-refractivity contribution in [2.75, 3.05) is 33.8 Å². The third-order valence-electron chi connectivity index (χ3n) is 3.66. The van der Waals surface area contributed by atoms with Gasteiger partial charge in [-0.05, 0) is 44.0 Å². The molecule has 0 saturated carbocycles. The third-order valence-corrected chi connectivity index (χ3v) is 3.66. The van der Waals surface area contributed by atoms with E-state index in [4.69, 9.17) is 4.74 Å². The zero-order chi connectivity index (χ0) is 13.1. The highest BCUT2D eigenvalue weighted by Gasteiger charge is 2.19. The Balaban J connectivity index is 2.06. The van der Waals surface area contributed by atoms with Gasteiger partial charge in [-0.15, -0.1) is 0 Å². The molecule has 0 amide bonds. The van der Waals surface area contributed by atoms with Crippen LogP contribution in [0.3, 0.4) is 0 Å². The van der Waals surface area contributed by atoms with E-state index in [2.05, 4.69) is 43.2 Å². The van der Waals surface area contributed by atoms with Gasteiger partial charge in [0.2, 0.25) is 0 Å². The maximum atomic E-state index is 5.51. The van der Waals surface area contributed by atoms with Crippen LogP contribution in [0, 0.1) is 19.8 Å². The lowest BCUT2D eigenvalue weighted by atomic mass is 10.0. The minimum atomic E-state index is 0.812. The van der Waals surface area contributed by atoms with Gasteiger partial charge in [0.15, 0.2) is 0 Å². The topological polar surface area (TPSA) is 24.5 Å². The largest absolute Gasteiger partial charge is 0.496 e. The van der Waals surface area contributed by atoms with Crippen LogP contribution in [0.25, 0.3) is 0 Å². The van der Waals surface area contributed by atoms with Crippen LogP contribution in [-0.4, -0.2) is 38.7 Å². The highest BCUT2D eigenvalue weighted by Crippen LogP contribution is 2.25. The number of aryl methyl sites for hydroxylation is 2. The minimum absolute atomic E-state index is 0.812. The van der Waals surface area contributed by atoms with Crippen molar-refractivity contribution in [3.8, 4) is 5.75 Å². The Hall–Kier alpha value is -1.06. The van der Waals surface area contributed by atoms with Gasteiger partial charge in [0.25, 0.3) is 0 Å². The summed E-state index contributed by atoms with van der Waals surface area (Å²) in [6.45, 7) is 8.73. The second kappa shape index (κ2) is 5.72. The lowest BCUT2D eigenvalue weighted by Gasteiger charge is -2.31. The fourth-order valence-corrected chi connectivity index (χ4v) is 2.60. The average molecular weight is 248 g/mol. The zero-order valence-corrected chi connectivity index (χ0v) is 11.9. The maximum absolute atomic E-state index is 5.51. The zero-order valence-electron chi connectivity index (χ0n) is 11.9. The van der Waals surface area contributed by atoms with Crippen molar-refractivity contribution < 1.29 is 4.74 Å². The van der Waals surface area contributed by atoms with Crippen LogP contribution in [0.4, 0.5) is 0 Å². The first-order valence-electron chi connectivity index (χ1n) is 6.63. The molecule has 1 heterocycles. The number of benzene rings is 1. The molecule has 0 aliphatic carbocycles. The fourth-order valence-electron chi connectivity index (χ4n) is 2.60. The number of nitrogens with zero attached hydrogens (tertiary/aromatic N) is 1. The number of hydrogen-bond acceptors (Lipinski definition) is 3. The van der Waals surface area contributed by atoms with Gasteiger partial charge in [-0.1, -0.05) is 6.07 Å². The quantitative estimate of drug-likeness (QED) is 0.862. The average Bonchev–Trinajstić information content (AvgIpc) is 2.27. The van der Waals surface area contributed by atoms with E-state index in [1.807, 2.05) is 0 Å². The molecule has 3 nitrogen and oxygen atoms in total. The summed E-state index contributed by atoms with van der Waals surface area (Å²) < 4.78 is 5.51. The number of rotatable bonds is 5. The van der Waals surface area contributed by atoms with E-state index in [1.165, 1.54) is 16.7 Å². The van der Waals surface area contributed by atoms with Gasteiger partial charge in [0, 0.05) is 31.7 Å². The van der Waals surface area contributed by atoms with E-state index in [0.717, 1.165) is 37.8 Å². The summed E-state index contributed by atoms with van der Waals surface area (Å²) >= 11 is 0. The van der Waals surface area contributed by atoms with E-state index < -0.39 is 0 Å². The summed E-state index contributed by atoms with van der Waals surface area (Å²) in [4.78, 5) is 2.39. The predicted octanol–water partition coefficient (Wildman–Crippen LogP) is 1.96. The molecule has 0 radical (unpaired) electrons. The summed E-state index contributed by atoms with van der Waals surface area (Å²) in [6, 6.07) is 4.36. The van der Waals surface area contributed by atoms with E-state index in [1.54, 1.807) is 7.11 Å². The lowest BCUT2D eigenvalue weighted by Crippen LogP contribution is -2.47. The number of hydrogen-bond donors (Lipinski definition) is 1. The van der Waals surface area contributed by atoms with E-state index in [-0.39, 0.29) is 0 Å². The van der Waals surface area contributed by atoms with Crippen molar-refractivity contribution in [2.24, 2.45) is 5.92 Å². The summed E-state index contributed by atoms with van der Waals surface area (Å²) in [7, 11) is 3.95. The van der Waals surface area contributed by atoms with Gasteiger partial charge in [-0.2, -0.15) is 0 Å². The molecule has 0 bridgehead atoms. The third kappa shape index (κ3) is 3.03. The summed E-state index contributed by atoms with van der Waals surface area (Å²) in [5.41, 5.74) is 3.90. The Bertz CT molecular complexity index is 413. The van der Waals surface area contributed by atoms with E-state index in [9.17, 15) is 0 Å². The first-order chi connectivity index (χ1) is 8.60. The molecule has 100 valence electrons. The molecule has 0 atom stereocenters. The standard InChI is InChI=1S/C15H24N2O/c1-11-5-12(2)14(15(6-11)18-4)10-17(3)9-13-7-16-8-13/h5-6,13,16H,7-10H2,1-4H3. The van der Waals surface area contributed by atoms with Crippen molar-refractivity contribution in [3.63, 3.8) is 0 Å². The van der Waals surface area contributed by atoms with E-state index >= 15 is 0 Å². The van der Waals surface area contributed by atoms with Crippen LogP contribution in [-0.2, 0) is 6.54 Å². The predicted molar refractivity (Wildman–Crippen MR) is 75.2 cm³/mol. The first kappa shape index (κ1) is 13.4.